The molecule has 116 valence electrons. The van der Waals surface area contributed by atoms with Crippen LogP contribution >= 0.6 is 0 Å². The van der Waals surface area contributed by atoms with Crippen LogP contribution in [0.5, 0.6) is 0 Å². The van der Waals surface area contributed by atoms with Gasteiger partial charge in [-0.05, 0) is 37.3 Å². The Hall–Kier alpha value is -2.26. The molecule has 2 rings (SSSR count). The van der Waals surface area contributed by atoms with Gasteiger partial charge in [0, 0.05) is 24.5 Å². The molecule has 0 radical (unpaired) electrons. The number of allylic oxidation sites excluding steroid dienone is 1. The quantitative estimate of drug-likeness (QED) is 0.327. The van der Waals surface area contributed by atoms with Gasteiger partial charge in [0.05, 0.1) is 5.41 Å². The van der Waals surface area contributed by atoms with E-state index in [1.807, 2.05) is 61.2 Å². The second-order valence-electron chi connectivity index (χ2n) is 5.47. The zero-order valence-electron chi connectivity index (χ0n) is 13.1. The molecule has 0 saturated heterocycles. The summed E-state index contributed by atoms with van der Waals surface area (Å²) >= 11 is 0. The van der Waals surface area contributed by atoms with E-state index in [-0.39, 0.29) is 11.8 Å². The van der Waals surface area contributed by atoms with E-state index in [0.29, 0.717) is 6.54 Å². The first-order valence-electron chi connectivity index (χ1n) is 7.73. The summed E-state index contributed by atoms with van der Waals surface area (Å²) in [6, 6.07) is 9.98. The average molecular weight is 298 g/mol. The maximum atomic E-state index is 13.0. The molecule has 1 fully saturated rings. The molecule has 22 heavy (non-hydrogen) atoms. The van der Waals surface area contributed by atoms with Crippen LogP contribution in [-0.4, -0.2) is 30.4 Å². The molecule has 0 spiro atoms. The molecular formula is C17H22N4O. The van der Waals surface area contributed by atoms with Crippen molar-refractivity contribution in [2.75, 3.05) is 19.6 Å². The van der Waals surface area contributed by atoms with E-state index in [1.54, 1.807) is 0 Å². The summed E-state index contributed by atoms with van der Waals surface area (Å²) in [4.78, 5) is 17.6. The topological polar surface area (TPSA) is 69.1 Å². The van der Waals surface area contributed by atoms with Crippen molar-refractivity contribution in [1.29, 1.82) is 0 Å². The minimum Gasteiger partial charge on any atom is -0.342 e. The van der Waals surface area contributed by atoms with Crippen LogP contribution in [0.3, 0.4) is 0 Å². The summed E-state index contributed by atoms with van der Waals surface area (Å²) in [7, 11) is 0. The van der Waals surface area contributed by atoms with Gasteiger partial charge in [0.1, 0.15) is 0 Å². The SMILES string of the molecule is CCN(CC)C(=O)[C@@]1(c2ccccc2)C[C@H]1/C=C/CN=[N+]=[N-]. The number of azide groups is 1. The Bertz CT molecular complexity index is 588. The van der Waals surface area contributed by atoms with Crippen molar-refractivity contribution in [3.8, 4) is 0 Å². The van der Waals surface area contributed by atoms with Crippen LogP contribution in [0.25, 0.3) is 10.4 Å². The van der Waals surface area contributed by atoms with Gasteiger partial charge in [-0.15, -0.1) is 0 Å². The highest BCUT2D eigenvalue weighted by molar-refractivity contribution is 5.92. The van der Waals surface area contributed by atoms with Crippen LogP contribution < -0.4 is 0 Å². The normalized spacial score (nSPS) is 23.1. The van der Waals surface area contributed by atoms with Crippen molar-refractivity contribution in [3.05, 3.63) is 58.5 Å². The van der Waals surface area contributed by atoms with Gasteiger partial charge in [-0.3, -0.25) is 4.79 Å². The molecule has 5 nitrogen and oxygen atoms in total. The smallest absolute Gasteiger partial charge is 0.233 e. The molecule has 1 amide bonds. The van der Waals surface area contributed by atoms with Crippen molar-refractivity contribution in [3.63, 3.8) is 0 Å². The highest BCUT2D eigenvalue weighted by atomic mass is 16.2. The maximum Gasteiger partial charge on any atom is 0.233 e. The molecule has 0 aliphatic heterocycles. The summed E-state index contributed by atoms with van der Waals surface area (Å²) < 4.78 is 0. The fourth-order valence-electron chi connectivity index (χ4n) is 3.06. The zero-order chi connectivity index (χ0) is 16.0. The van der Waals surface area contributed by atoms with Crippen molar-refractivity contribution in [2.24, 2.45) is 11.0 Å². The molecule has 1 aliphatic rings. The molecule has 5 heteroatoms. The van der Waals surface area contributed by atoms with E-state index in [0.717, 1.165) is 25.1 Å². The second-order valence-corrected chi connectivity index (χ2v) is 5.47. The van der Waals surface area contributed by atoms with Gasteiger partial charge < -0.3 is 4.90 Å². The van der Waals surface area contributed by atoms with E-state index < -0.39 is 5.41 Å². The third kappa shape index (κ3) is 3.00. The Kier molecular flexibility index (Phi) is 5.23. The Morgan fingerprint density at radius 1 is 1.41 bits per heavy atom. The Labute approximate surface area is 131 Å². The van der Waals surface area contributed by atoms with Gasteiger partial charge in [0.25, 0.3) is 0 Å². The summed E-state index contributed by atoms with van der Waals surface area (Å²) in [6.07, 6.45) is 4.69. The second kappa shape index (κ2) is 7.14. The number of nitrogens with zero attached hydrogens (tertiary/aromatic N) is 4. The number of benzene rings is 1. The molecular weight excluding hydrogens is 276 g/mol. The molecule has 0 heterocycles. The predicted molar refractivity (Wildman–Crippen MR) is 87.3 cm³/mol. The summed E-state index contributed by atoms with van der Waals surface area (Å²) in [6.45, 7) is 5.79. The lowest BCUT2D eigenvalue weighted by molar-refractivity contribution is -0.133. The van der Waals surface area contributed by atoms with E-state index in [9.17, 15) is 4.79 Å². The fraction of sp³-hybridized carbons (Fsp3) is 0.471. The van der Waals surface area contributed by atoms with Crippen molar-refractivity contribution in [1.82, 2.24) is 4.90 Å². The van der Waals surface area contributed by atoms with Crippen LogP contribution in [0.15, 0.2) is 47.6 Å². The zero-order valence-corrected chi connectivity index (χ0v) is 13.1. The number of rotatable bonds is 7. The number of hydrogen-bond donors (Lipinski definition) is 0. The minimum absolute atomic E-state index is 0.178. The Morgan fingerprint density at radius 3 is 2.68 bits per heavy atom. The van der Waals surface area contributed by atoms with E-state index in [2.05, 4.69) is 10.0 Å². The monoisotopic (exact) mass is 298 g/mol. The fourth-order valence-corrected chi connectivity index (χ4v) is 3.06. The molecule has 0 N–H and O–H groups in total. The number of likely N-dealkylation sites (N-methyl/N-ethyl adjacent to an activating group) is 1. The first-order valence-corrected chi connectivity index (χ1v) is 7.73. The summed E-state index contributed by atoms with van der Waals surface area (Å²) in [5.41, 5.74) is 8.95. The van der Waals surface area contributed by atoms with Gasteiger partial charge in [-0.2, -0.15) is 0 Å². The molecule has 0 unspecified atom stereocenters. The summed E-state index contributed by atoms with van der Waals surface area (Å²) in [5, 5.41) is 3.50. The molecule has 2 atom stereocenters. The van der Waals surface area contributed by atoms with Crippen molar-refractivity contribution >= 4 is 5.91 Å². The molecule has 0 bridgehead atoms. The number of carbonyl (C=O) groups is 1. The van der Waals surface area contributed by atoms with Gasteiger partial charge >= 0.3 is 0 Å². The molecule has 0 aromatic heterocycles. The first kappa shape index (κ1) is 16.1. The van der Waals surface area contributed by atoms with Crippen LogP contribution in [0.2, 0.25) is 0 Å². The highest BCUT2D eigenvalue weighted by Crippen LogP contribution is 2.56. The molecule has 1 aromatic carbocycles. The largest absolute Gasteiger partial charge is 0.342 e. The third-order valence-corrected chi connectivity index (χ3v) is 4.35. The van der Waals surface area contributed by atoms with E-state index >= 15 is 0 Å². The lowest BCUT2D eigenvalue weighted by Crippen LogP contribution is -2.40. The van der Waals surface area contributed by atoms with Crippen LogP contribution in [-0.2, 0) is 10.2 Å². The molecule has 1 aromatic rings. The molecule has 1 aliphatic carbocycles. The third-order valence-electron chi connectivity index (χ3n) is 4.35. The lowest BCUT2D eigenvalue weighted by atomic mass is 9.91. The van der Waals surface area contributed by atoms with Crippen LogP contribution in [0, 0.1) is 5.92 Å². The standard InChI is InChI=1S/C17H22N4O/c1-3-21(4-2)16(22)17(14-9-6-5-7-10-14)13-15(17)11-8-12-19-20-18/h5-11,15H,3-4,12-13H2,1-2H3/b11-8+/t15-,17-/m1/s1. The van der Waals surface area contributed by atoms with Crippen molar-refractivity contribution < 1.29 is 4.79 Å². The Balaban J connectivity index is 2.27. The lowest BCUT2D eigenvalue weighted by Gasteiger charge is -2.26. The number of hydrogen-bond acceptors (Lipinski definition) is 2. The van der Waals surface area contributed by atoms with Crippen LogP contribution in [0.1, 0.15) is 25.8 Å². The van der Waals surface area contributed by atoms with Crippen molar-refractivity contribution in [2.45, 2.75) is 25.7 Å². The van der Waals surface area contributed by atoms with Gasteiger partial charge in [0.2, 0.25) is 5.91 Å². The van der Waals surface area contributed by atoms with Gasteiger partial charge in [0.15, 0.2) is 0 Å². The number of carbonyl (C=O) groups excluding carboxylic acids is 1. The average Bonchev–Trinajstić information content (AvgIpc) is 3.29. The number of amides is 1. The van der Waals surface area contributed by atoms with E-state index in [1.165, 1.54) is 0 Å². The summed E-state index contributed by atoms with van der Waals surface area (Å²) in [5.74, 6) is 0.374. The van der Waals surface area contributed by atoms with Gasteiger partial charge in [-0.1, -0.05) is 47.6 Å². The molecule has 1 saturated carbocycles. The minimum atomic E-state index is -0.444. The van der Waals surface area contributed by atoms with Crippen LogP contribution in [0.4, 0.5) is 0 Å². The maximum absolute atomic E-state index is 13.0. The highest BCUT2D eigenvalue weighted by Gasteiger charge is 2.60. The Morgan fingerprint density at radius 2 is 2.09 bits per heavy atom. The van der Waals surface area contributed by atoms with E-state index in [4.69, 9.17) is 5.53 Å². The predicted octanol–water partition coefficient (Wildman–Crippen LogP) is 3.68. The first-order chi connectivity index (χ1) is 10.7. The van der Waals surface area contributed by atoms with Gasteiger partial charge in [-0.25, -0.2) is 0 Å².